The van der Waals surface area contributed by atoms with Crippen molar-refractivity contribution in [3.8, 4) is 11.6 Å². The van der Waals surface area contributed by atoms with Gasteiger partial charge in [-0.1, -0.05) is 39.0 Å². The second-order valence-electron chi connectivity index (χ2n) is 7.25. The highest BCUT2D eigenvalue weighted by molar-refractivity contribution is 8.01. The Labute approximate surface area is 158 Å². The minimum atomic E-state index is -0.235. The molecule has 1 aromatic carbocycles. The molecule has 1 aromatic heterocycles. The monoisotopic (exact) mass is 369 g/mol. The van der Waals surface area contributed by atoms with Crippen LogP contribution in [0.25, 0.3) is 0 Å². The molecule has 1 aliphatic rings. The number of para-hydroxylation sites is 1. The lowest BCUT2D eigenvalue weighted by molar-refractivity contribution is 0.0723. The lowest BCUT2D eigenvalue weighted by Gasteiger charge is -2.34. The summed E-state index contributed by atoms with van der Waals surface area (Å²) in [5.74, 6) is 1.50. The molecule has 0 N–H and O–H groups in total. The van der Waals surface area contributed by atoms with Crippen LogP contribution in [0.3, 0.4) is 0 Å². The summed E-state index contributed by atoms with van der Waals surface area (Å²) in [6.07, 6.45) is 3.60. The number of amides is 1. The van der Waals surface area contributed by atoms with E-state index in [9.17, 15) is 4.79 Å². The third kappa shape index (κ3) is 4.07. The molecule has 0 atom stereocenters. The summed E-state index contributed by atoms with van der Waals surface area (Å²) >= 11 is 1.66. The van der Waals surface area contributed by atoms with E-state index in [-0.39, 0.29) is 11.3 Å². The Kier molecular flexibility index (Phi) is 5.32. The predicted octanol–water partition coefficient (Wildman–Crippen LogP) is 4.27. The Morgan fingerprint density at radius 3 is 2.54 bits per heavy atom. The van der Waals surface area contributed by atoms with Crippen molar-refractivity contribution in [1.82, 2.24) is 14.9 Å². The van der Waals surface area contributed by atoms with Crippen LogP contribution in [-0.2, 0) is 5.41 Å². The van der Waals surface area contributed by atoms with Crippen molar-refractivity contribution in [1.29, 1.82) is 0 Å². The Hall–Kier alpha value is -2.34. The van der Waals surface area contributed by atoms with Gasteiger partial charge in [0.2, 0.25) is 5.88 Å². The van der Waals surface area contributed by atoms with Gasteiger partial charge in [-0.3, -0.25) is 4.79 Å². The number of rotatable bonds is 4. The van der Waals surface area contributed by atoms with Crippen LogP contribution in [0.5, 0.6) is 11.6 Å². The summed E-state index contributed by atoms with van der Waals surface area (Å²) in [6.45, 7) is 7.39. The van der Waals surface area contributed by atoms with Gasteiger partial charge in [0.1, 0.15) is 17.1 Å². The molecule has 0 aliphatic carbocycles. The van der Waals surface area contributed by atoms with E-state index in [0.717, 1.165) is 0 Å². The Morgan fingerprint density at radius 2 is 1.92 bits per heavy atom. The molecule has 6 heteroatoms. The first kappa shape index (κ1) is 18.5. The number of ether oxygens (including phenoxy) is 1. The molecule has 0 bridgehead atoms. The second-order valence-corrected chi connectivity index (χ2v) is 7.96. The fourth-order valence-electron chi connectivity index (χ4n) is 2.55. The van der Waals surface area contributed by atoms with Gasteiger partial charge in [0, 0.05) is 24.7 Å². The zero-order chi connectivity index (χ0) is 18.7. The first-order valence-corrected chi connectivity index (χ1v) is 9.77. The van der Waals surface area contributed by atoms with E-state index in [2.05, 4.69) is 15.4 Å². The third-order valence-electron chi connectivity index (χ3n) is 3.97. The van der Waals surface area contributed by atoms with Gasteiger partial charge in [-0.25, -0.2) is 4.98 Å². The molecule has 26 heavy (non-hydrogen) atoms. The molecule has 1 fully saturated rings. The van der Waals surface area contributed by atoms with Gasteiger partial charge in [0.15, 0.2) is 0 Å². The van der Waals surface area contributed by atoms with Crippen LogP contribution in [0, 0.1) is 0 Å². The molecule has 2 aromatic rings. The minimum absolute atomic E-state index is 0.102. The van der Waals surface area contributed by atoms with E-state index in [4.69, 9.17) is 4.74 Å². The van der Waals surface area contributed by atoms with Gasteiger partial charge in [0.05, 0.1) is 0 Å². The van der Waals surface area contributed by atoms with Crippen molar-refractivity contribution in [2.45, 2.75) is 26.2 Å². The first-order chi connectivity index (χ1) is 12.4. The van der Waals surface area contributed by atoms with E-state index in [1.54, 1.807) is 22.9 Å². The summed E-state index contributed by atoms with van der Waals surface area (Å²) in [5, 5.41) is 2.09. The molecule has 5 nitrogen and oxygen atoms in total. The standard InChI is InChI=1S/C20H23N3O2S/c1-20(2,3)19-21-10-16(18(24)23-11-14(12-23)13-26-4)17(22-19)25-15-8-6-5-7-9-15/h5-10,13H,11-12H2,1-4H3. The second kappa shape index (κ2) is 7.50. The van der Waals surface area contributed by atoms with Gasteiger partial charge in [0.25, 0.3) is 5.91 Å². The van der Waals surface area contributed by atoms with Gasteiger partial charge < -0.3 is 9.64 Å². The summed E-state index contributed by atoms with van der Waals surface area (Å²) in [6, 6.07) is 9.38. The molecule has 0 radical (unpaired) electrons. The molecular formula is C20H23N3O2S. The summed E-state index contributed by atoms with van der Waals surface area (Å²) < 4.78 is 5.94. The van der Waals surface area contributed by atoms with Crippen LogP contribution in [0.2, 0.25) is 0 Å². The number of hydrogen-bond acceptors (Lipinski definition) is 5. The van der Waals surface area contributed by atoms with Crippen molar-refractivity contribution in [2.75, 3.05) is 19.3 Å². The Morgan fingerprint density at radius 1 is 1.23 bits per heavy atom. The van der Waals surface area contributed by atoms with E-state index >= 15 is 0 Å². The number of carbonyl (C=O) groups excluding carboxylic acids is 1. The minimum Gasteiger partial charge on any atom is -0.438 e. The van der Waals surface area contributed by atoms with Crippen LogP contribution < -0.4 is 4.74 Å². The Bertz CT molecular complexity index is 821. The molecule has 0 unspecified atom stereocenters. The SMILES string of the molecule is CSC=C1CN(C(=O)c2cnc(C(C)(C)C)nc2Oc2ccccc2)C1. The molecule has 0 spiro atoms. The maximum atomic E-state index is 12.9. The van der Waals surface area contributed by atoms with E-state index in [0.29, 0.717) is 36.1 Å². The van der Waals surface area contributed by atoms with Crippen LogP contribution in [0.4, 0.5) is 0 Å². The van der Waals surface area contributed by atoms with Gasteiger partial charge in [-0.05, 0) is 29.4 Å². The highest BCUT2D eigenvalue weighted by atomic mass is 32.2. The fourth-order valence-corrected chi connectivity index (χ4v) is 3.03. The van der Waals surface area contributed by atoms with E-state index < -0.39 is 0 Å². The molecule has 1 saturated heterocycles. The van der Waals surface area contributed by atoms with Crippen molar-refractivity contribution >= 4 is 17.7 Å². The summed E-state index contributed by atoms with van der Waals surface area (Å²) in [4.78, 5) is 23.6. The summed E-state index contributed by atoms with van der Waals surface area (Å²) in [5.41, 5.74) is 1.41. The molecule has 136 valence electrons. The number of benzene rings is 1. The smallest absolute Gasteiger partial charge is 0.261 e. The average molecular weight is 369 g/mol. The number of aromatic nitrogens is 2. The third-order valence-corrected chi connectivity index (χ3v) is 4.54. The normalized spacial score (nSPS) is 14.0. The first-order valence-electron chi connectivity index (χ1n) is 8.49. The van der Waals surface area contributed by atoms with Crippen molar-refractivity contribution < 1.29 is 9.53 Å². The molecule has 1 amide bonds. The van der Waals surface area contributed by atoms with Crippen molar-refractivity contribution in [3.63, 3.8) is 0 Å². The van der Waals surface area contributed by atoms with E-state index in [1.807, 2.05) is 57.4 Å². The molecular weight excluding hydrogens is 346 g/mol. The van der Waals surface area contributed by atoms with Gasteiger partial charge in [-0.2, -0.15) is 4.98 Å². The van der Waals surface area contributed by atoms with Gasteiger partial charge >= 0.3 is 0 Å². The van der Waals surface area contributed by atoms with Crippen molar-refractivity contribution in [3.05, 3.63) is 58.9 Å². The van der Waals surface area contributed by atoms with Crippen molar-refractivity contribution in [2.24, 2.45) is 0 Å². The molecule has 0 saturated carbocycles. The Balaban J connectivity index is 1.91. The molecule has 3 rings (SSSR count). The molecule has 2 heterocycles. The fraction of sp³-hybridized carbons (Fsp3) is 0.350. The zero-order valence-corrected chi connectivity index (χ0v) is 16.3. The van der Waals surface area contributed by atoms with Crippen LogP contribution in [0.15, 0.2) is 47.5 Å². The lowest BCUT2D eigenvalue weighted by atomic mass is 9.95. The number of thioether (sulfide) groups is 1. The maximum absolute atomic E-state index is 12.9. The largest absolute Gasteiger partial charge is 0.438 e. The van der Waals surface area contributed by atoms with Crippen LogP contribution >= 0.6 is 11.8 Å². The highest BCUT2D eigenvalue weighted by Gasteiger charge is 2.30. The molecule has 1 aliphatic heterocycles. The number of likely N-dealkylation sites (tertiary alicyclic amines) is 1. The van der Waals surface area contributed by atoms with Crippen LogP contribution in [0.1, 0.15) is 37.0 Å². The van der Waals surface area contributed by atoms with E-state index in [1.165, 1.54) is 5.57 Å². The summed E-state index contributed by atoms with van der Waals surface area (Å²) in [7, 11) is 0. The maximum Gasteiger partial charge on any atom is 0.261 e. The zero-order valence-electron chi connectivity index (χ0n) is 15.5. The number of nitrogens with zero attached hydrogens (tertiary/aromatic N) is 3. The number of hydrogen-bond donors (Lipinski definition) is 0. The van der Waals surface area contributed by atoms with Gasteiger partial charge in [-0.15, -0.1) is 11.8 Å². The highest BCUT2D eigenvalue weighted by Crippen LogP contribution is 2.29. The quantitative estimate of drug-likeness (QED) is 0.806. The number of carbonyl (C=O) groups is 1. The average Bonchev–Trinajstić information content (AvgIpc) is 2.57. The predicted molar refractivity (Wildman–Crippen MR) is 105 cm³/mol. The lowest BCUT2D eigenvalue weighted by Crippen LogP contribution is -2.44. The topological polar surface area (TPSA) is 55.3 Å². The van der Waals surface area contributed by atoms with Crippen LogP contribution in [-0.4, -0.2) is 40.1 Å².